The minimum absolute atomic E-state index is 0.276. The van der Waals surface area contributed by atoms with Crippen molar-refractivity contribution in [3.8, 4) is 6.07 Å². The van der Waals surface area contributed by atoms with Gasteiger partial charge in [-0.05, 0) is 37.7 Å². The minimum atomic E-state index is -0.664. The van der Waals surface area contributed by atoms with Gasteiger partial charge in [0.25, 0.3) is 0 Å². The quantitative estimate of drug-likeness (QED) is 0.774. The van der Waals surface area contributed by atoms with Crippen LogP contribution in [-0.4, -0.2) is 12.6 Å². The molecule has 21 heavy (non-hydrogen) atoms. The molecule has 1 aromatic rings. The summed E-state index contributed by atoms with van der Waals surface area (Å²) in [5.74, 6) is -0.466. The molecule has 0 heterocycles. The molecule has 1 saturated carbocycles. The lowest BCUT2D eigenvalue weighted by Gasteiger charge is -2.32. The van der Waals surface area contributed by atoms with Gasteiger partial charge in [-0.2, -0.15) is 5.26 Å². The zero-order valence-electron chi connectivity index (χ0n) is 12.8. The SMILES string of the molecule is CCOC(=O)[C@@H](C#N)[C@@]1(Cc2ccccc2)CC[C@@H](C)C1. The Hall–Kier alpha value is -1.82. The van der Waals surface area contributed by atoms with Gasteiger partial charge >= 0.3 is 5.97 Å². The van der Waals surface area contributed by atoms with E-state index in [0.717, 1.165) is 25.7 Å². The van der Waals surface area contributed by atoms with E-state index < -0.39 is 5.92 Å². The van der Waals surface area contributed by atoms with Crippen LogP contribution in [0.4, 0.5) is 0 Å². The number of benzene rings is 1. The molecule has 0 amide bonds. The second kappa shape index (κ2) is 6.76. The zero-order valence-corrected chi connectivity index (χ0v) is 12.8. The lowest BCUT2D eigenvalue weighted by molar-refractivity contribution is -0.150. The molecule has 0 bridgehead atoms. The number of nitriles is 1. The van der Waals surface area contributed by atoms with Crippen LogP contribution in [0.2, 0.25) is 0 Å². The molecule has 0 aromatic heterocycles. The van der Waals surface area contributed by atoms with Crippen molar-refractivity contribution in [1.82, 2.24) is 0 Å². The van der Waals surface area contributed by atoms with E-state index in [1.807, 2.05) is 18.2 Å². The molecule has 1 fully saturated rings. The standard InChI is InChI=1S/C18H23NO2/c1-3-21-17(20)16(13-19)18(10-9-14(2)11-18)12-15-7-5-4-6-8-15/h4-8,14,16H,3,9-12H2,1-2H3/t14-,16-,18+/m1/s1. The van der Waals surface area contributed by atoms with E-state index in [9.17, 15) is 10.1 Å². The Kier molecular flexibility index (Phi) is 5.01. The highest BCUT2D eigenvalue weighted by Crippen LogP contribution is 2.49. The van der Waals surface area contributed by atoms with Crippen molar-refractivity contribution in [2.24, 2.45) is 17.3 Å². The van der Waals surface area contributed by atoms with Gasteiger partial charge in [-0.1, -0.05) is 43.7 Å². The zero-order chi connectivity index (χ0) is 15.3. The molecule has 1 aliphatic carbocycles. The number of rotatable bonds is 5. The molecule has 3 nitrogen and oxygen atoms in total. The minimum Gasteiger partial charge on any atom is -0.465 e. The lowest BCUT2D eigenvalue weighted by Crippen LogP contribution is -2.36. The molecular weight excluding hydrogens is 262 g/mol. The van der Waals surface area contributed by atoms with Crippen molar-refractivity contribution >= 4 is 5.97 Å². The van der Waals surface area contributed by atoms with Crippen molar-refractivity contribution in [2.75, 3.05) is 6.61 Å². The van der Waals surface area contributed by atoms with E-state index in [-0.39, 0.29) is 11.4 Å². The summed E-state index contributed by atoms with van der Waals surface area (Å²) in [4.78, 5) is 12.2. The van der Waals surface area contributed by atoms with E-state index in [2.05, 4.69) is 25.1 Å². The maximum atomic E-state index is 12.2. The normalized spacial score (nSPS) is 26.0. The Morgan fingerprint density at radius 1 is 1.48 bits per heavy atom. The Morgan fingerprint density at radius 2 is 2.19 bits per heavy atom. The van der Waals surface area contributed by atoms with Crippen LogP contribution in [-0.2, 0) is 16.0 Å². The van der Waals surface area contributed by atoms with Crippen molar-refractivity contribution in [1.29, 1.82) is 5.26 Å². The predicted octanol–water partition coefficient (Wildman–Crippen LogP) is 3.74. The van der Waals surface area contributed by atoms with Crippen molar-refractivity contribution < 1.29 is 9.53 Å². The van der Waals surface area contributed by atoms with E-state index in [1.54, 1.807) is 6.92 Å². The van der Waals surface area contributed by atoms with Gasteiger partial charge in [-0.25, -0.2) is 0 Å². The Bertz CT molecular complexity index is 520. The summed E-state index contributed by atoms with van der Waals surface area (Å²) in [5.41, 5.74) is 0.915. The third-order valence-corrected chi connectivity index (χ3v) is 4.55. The summed E-state index contributed by atoms with van der Waals surface area (Å²) < 4.78 is 5.14. The van der Waals surface area contributed by atoms with E-state index in [1.165, 1.54) is 5.56 Å². The van der Waals surface area contributed by atoms with Crippen molar-refractivity contribution in [2.45, 2.75) is 39.5 Å². The largest absolute Gasteiger partial charge is 0.465 e. The van der Waals surface area contributed by atoms with Crippen molar-refractivity contribution in [3.63, 3.8) is 0 Å². The smallest absolute Gasteiger partial charge is 0.323 e. The van der Waals surface area contributed by atoms with Crippen LogP contribution < -0.4 is 0 Å². The number of hydrogen-bond donors (Lipinski definition) is 0. The number of nitrogens with zero attached hydrogens (tertiary/aromatic N) is 1. The second-order valence-electron chi connectivity index (χ2n) is 6.19. The second-order valence-corrected chi connectivity index (χ2v) is 6.19. The molecule has 0 radical (unpaired) electrons. The highest BCUT2D eigenvalue weighted by Gasteiger charge is 2.48. The fourth-order valence-corrected chi connectivity index (χ4v) is 3.62. The third kappa shape index (κ3) is 3.44. The molecule has 1 aliphatic rings. The van der Waals surface area contributed by atoms with E-state index in [4.69, 9.17) is 4.74 Å². The predicted molar refractivity (Wildman–Crippen MR) is 81.3 cm³/mol. The Labute approximate surface area is 126 Å². The summed E-state index contributed by atoms with van der Waals surface area (Å²) in [5, 5.41) is 9.56. The fourth-order valence-electron chi connectivity index (χ4n) is 3.62. The van der Waals surface area contributed by atoms with Crippen LogP contribution in [0.1, 0.15) is 38.7 Å². The van der Waals surface area contributed by atoms with Gasteiger partial charge in [0.05, 0.1) is 12.7 Å². The maximum Gasteiger partial charge on any atom is 0.323 e. The van der Waals surface area contributed by atoms with Crippen LogP contribution in [0.3, 0.4) is 0 Å². The summed E-state index contributed by atoms with van der Waals surface area (Å²) in [6.07, 6.45) is 3.68. The van der Waals surface area contributed by atoms with Gasteiger partial charge in [-0.3, -0.25) is 4.79 Å². The molecule has 3 atom stereocenters. The van der Waals surface area contributed by atoms with Gasteiger partial charge in [-0.15, -0.1) is 0 Å². The number of hydrogen-bond acceptors (Lipinski definition) is 3. The fraction of sp³-hybridized carbons (Fsp3) is 0.556. The molecule has 1 aromatic carbocycles. The topological polar surface area (TPSA) is 50.1 Å². The third-order valence-electron chi connectivity index (χ3n) is 4.55. The van der Waals surface area contributed by atoms with E-state index in [0.29, 0.717) is 12.5 Å². The highest BCUT2D eigenvalue weighted by atomic mass is 16.5. The summed E-state index contributed by atoms with van der Waals surface area (Å²) in [7, 11) is 0. The Morgan fingerprint density at radius 3 is 2.71 bits per heavy atom. The lowest BCUT2D eigenvalue weighted by atomic mass is 9.70. The molecule has 112 valence electrons. The van der Waals surface area contributed by atoms with Crippen LogP contribution in [0, 0.1) is 28.6 Å². The summed E-state index contributed by atoms with van der Waals surface area (Å²) >= 11 is 0. The molecule has 2 rings (SSSR count). The molecular formula is C18H23NO2. The van der Waals surface area contributed by atoms with Crippen LogP contribution >= 0.6 is 0 Å². The summed E-state index contributed by atoms with van der Waals surface area (Å²) in [6.45, 7) is 4.31. The van der Waals surface area contributed by atoms with Gasteiger partial charge in [0.1, 0.15) is 5.92 Å². The molecule has 0 spiro atoms. The number of esters is 1. The van der Waals surface area contributed by atoms with Crippen molar-refractivity contribution in [3.05, 3.63) is 35.9 Å². The monoisotopic (exact) mass is 285 g/mol. The van der Waals surface area contributed by atoms with Gasteiger partial charge in [0.2, 0.25) is 0 Å². The molecule has 0 aliphatic heterocycles. The van der Waals surface area contributed by atoms with Crippen LogP contribution in [0.5, 0.6) is 0 Å². The van der Waals surface area contributed by atoms with Crippen LogP contribution in [0.15, 0.2) is 30.3 Å². The molecule has 0 saturated heterocycles. The first kappa shape index (κ1) is 15.6. The number of ether oxygens (including phenoxy) is 1. The molecule has 0 N–H and O–H groups in total. The van der Waals surface area contributed by atoms with Gasteiger partial charge in [0, 0.05) is 5.41 Å². The van der Waals surface area contributed by atoms with Crippen LogP contribution in [0.25, 0.3) is 0 Å². The molecule has 0 unspecified atom stereocenters. The average Bonchev–Trinajstić information content (AvgIpc) is 2.83. The Balaban J connectivity index is 2.29. The van der Waals surface area contributed by atoms with E-state index >= 15 is 0 Å². The summed E-state index contributed by atoms with van der Waals surface area (Å²) in [6, 6.07) is 12.4. The maximum absolute atomic E-state index is 12.2. The number of carbonyl (C=O) groups is 1. The average molecular weight is 285 g/mol. The van der Waals surface area contributed by atoms with Gasteiger partial charge < -0.3 is 4.74 Å². The first-order valence-corrected chi connectivity index (χ1v) is 7.71. The highest BCUT2D eigenvalue weighted by molar-refractivity contribution is 5.76. The first-order chi connectivity index (χ1) is 10.1. The van der Waals surface area contributed by atoms with Gasteiger partial charge in [0.15, 0.2) is 0 Å². The first-order valence-electron chi connectivity index (χ1n) is 7.71. The number of carbonyl (C=O) groups excluding carboxylic acids is 1. The molecule has 3 heteroatoms.